The van der Waals surface area contributed by atoms with Crippen molar-refractivity contribution in [3.63, 3.8) is 0 Å². The van der Waals surface area contributed by atoms with Gasteiger partial charge in [-0.2, -0.15) is 11.8 Å². The summed E-state index contributed by atoms with van der Waals surface area (Å²) in [5.74, 6) is 1.15. The average Bonchev–Trinajstić information content (AvgIpc) is 2.74. The molecule has 1 aliphatic carbocycles. The van der Waals surface area contributed by atoms with Crippen LogP contribution in [0.15, 0.2) is 0 Å². The van der Waals surface area contributed by atoms with Gasteiger partial charge in [-0.05, 0) is 30.4 Å². The van der Waals surface area contributed by atoms with Crippen LogP contribution in [-0.2, 0) is 4.79 Å². The maximum Gasteiger partial charge on any atom is 0.324 e. The predicted molar refractivity (Wildman–Crippen MR) is 62.2 cm³/mol. The Hall–Kier alpha value is -0.220. The highest BCUT2D eigenvalue weighted by Crippen LogP contribution is 2.46. The first-order valence-corrected chi connectivity index (χ1v) is 6.71. The van der Waals surface area contributed by atoms with Crippen LogP contribution in [0.5, 0.6) is 0 Å². The topological polar surface area (TPSA) is 49.3 Å². The second-order valence-electron chi connectivity index (χ2n) is 5.43. The third kappa shape index (κ3) is 2.16. The normalized spacial score (nSPS) is 38.7. The molecule has 2 unspecified atom stereocenters. The van der Waals surface area contributed by atoms with E-state index < -0.39 is 11.5 Å². The third-order valence-corrected chi connectivity index (χ3v) is 4.89. The van der Waals surface area contributed by atoms with E-state index in [1.165, 1.54) is 0 Å². The summed E-state index contributed by atoms with van der Waals surface area (Å²) in [5, 5.41) is 12.7. The predicted octanol–water partition coefficient (Wildman–Crippen LogP) is 1.72. The average molecular weight is 229 g/mol. The standard InChI is InChI=1S/C11H19NO2S/c1-10(2)6-8(10)12-11(9(13)14)4-3-5-15-7-11/h8,12H,3-7H2,1-2H3,(H,13,14). The lowest BCUT2D eigenvalue weighted by molar-refractivity contribution is -0.144. The van der Waals surface area contributed by atoms with Crippen LogP contribution in [0.2, 0.25) is 0 Å². The molecule has 0 bridgehead atoms. The van der Waals surface area contributed by atoms with Gasteiger partial charge in [-0.1, -0.05) is 13.8 Å². The molecule has 2 aliphatic rings. The van der Waals surface area contributed by atoms with E-state index in [0.29, 0.717) is 11.5 Å². The van der Waals surface area contributed by atoms with Crippen LogP contribution < -0.4 is 5.32 Å². The molecule has 2 N–H and O–H groups in total. The Bertz CT molecular complexity index is 272. The van der Waals surface area contributed by atoms with Crippen molar-refractivity contribution in [1.82, 2.24) is 5.32 Å². The molecular weight excluding hydrogens is 210 g/mol. The van der Waals surface area contributed by atoms with Gasteiger partial charge in [0.25, 0.3) is 0 Å². The molecule has 1 saturated carbocycles. The van der Waals surface area contributed by atoms with E-state index in [0.717, 1.165) is 30.8 Å². The number of rotatable bonds is 3. The summed E-state index contributed by atoms with van der Waals surface area (Å²) in [4.78, 5) is 11.4. The lowest BCUT2D eigenvalue weighted by atomic mass is 9.95. The molecule has 2 fully saturated rings. The molecule has 0 amide bonds. The Kier molecular flexibility index (Phi) is 2.75. The zero-order valence-electron chi connectivity index (χ0n) is 9.38. The van der Waals surface area contributed by atoms with E-state index >= 15 is 0 Å². The van der Waals surface area contributed by atoms with E-state index in [4.69, 9.17) is 0 Å². The van der Waals surface area contributed by atoms with Crippen molar-refractivity contribution in [2.75, 3.05) is 11.5 Å². The molecule has 2 rings (SSSR count). The molecule has 0 radical (unpaired) electrons. The zero-order chi connectivity index (χ0) is 11.1. The number of carbonyl (C=O) groups is 1. The van der Waals surface area contributed by atoms with Crippen LogP contribution in [0.4, 0.5) is 0 Å². The number of thioether (sulfide) groups is 1. The number of carboxylic acid groups (broad SMARTS) is 1. The number of carboxylic acids is 1. The number of hydrogen-bond acceptors (Lipinski definition) is 3. The molecule has 0 spiro atoms. The van der Waals surface area contributed by atoms with Crippen LogP contribution >= 0.6 is 11.8 Å². The monoisotopic (exact) mass is 229 g/mol. The Balaban J connectivity index is 2.03. The van der Waals surface area contributed by atoms with E-state index in [1.54, 1.807) is 11.8 Å². The molecule has 3 nitrogen and oxygen atoms in total. The molecular formula is C11H19NO2S. The number of hydrogen-bond donors (Lipinski definition) is 2. The van der Waals surface area contributed by atoms with Gasteiger partial charge in [0.1, 0.15) is 5.54 Å². The van der Waals surface area contributed by atoms with Crippen molar-refractivity contribution in [1.29, 1.82) is 0 Å². The minimum Gasteiger partial charge on any atom is -0.480 e. The number of nitrogens with one attached hydrogen (secondary N) is 1. The number of aliphatic carboxylic acids is 1. The summed E-state index contributed by atoms with van der Waals surface area (Å²) in [7, 11) is 0. The Labute approximate surface area is 95.0 Å². The molecule has 0 aromatic rings. The first-order valence-electron chi connectivity index (χ1n) is 5.55. The van der Waals surface area contributed by atoms with Crippen molar-refractivity contribution >= 4 is 17.7 Å². The van der Waals surface area contributed by atoms with Gasteiger partial charge in [-0.25, -0.2) is 0 Å². The van der Waals surface area contributed by atoms with Crippen molar-refractivity contribution < 1.29 is 9.90 Å². The van der Waals surface area contributed by atoms with E-state index in [9.17, 15) is 9.90 Å². The first-order chi connectivity index (χ1) is 6.96. The lowest BCUT2D eigenvalue weighted by Crippen LogP contribution is -2.57. The van der Waals surface area contributed by atoms with Crippen LogP contribution in [0.1, 0.15) is 33.1 Å². The van der Waals surface area contributed by atoms with Crippen LogP contribution in [0, 0.1) is 5.41 Å². The van der Waals surface area contributed by atoms with Gasteiger partial charge in [-0.15, -0.1) is 0 Å². The second-order valence-corrected chi connectivity index (χ2v) is 6.54. The van der Waals surface area contributed by atoms with Crippen LogP contribution in [0.25, 0.3) is 0 Å². The Morgan fingerprint density at radius 3 is 2.60 bits per heavy atom. The largest absolute Gasteiger partial charge is 0.480 e. The summed E-state index contributed by atoms with van der Waals surface area (Å²) in [6.45, 7) is 4.38. The molecule has 1 saturated heterocycles. The summed E-state index contributed by atoms with van der Waals surface area (Å²) in [5.41, 5.74) is -0.355. The molecule has 1 heterocycles. The zero-order valence-corrected chi connectivity index (χ0v) is 10.2. The van der Waals surface area contributed by atoms with Gasteiger partial charge in [0.15, 0.2) is 0 Å². The van der Waals surface area contributed by atoms with Gasteiger partial charge in [0, 0.05) is 11.8 Å². The Morgan fingerprint density at radius 1 is 1.53 bits per heavy atom. The van der Waals surface area contributed by atoms with Crippen molar-refractivity contribution in [2.45, 2.75) is 44.7 Å². The maximum atomic E-state index is 11.4. The fraction of sp³-hybridized carbons (Fsp3) is 0.909. The van der Waals surface area contributed by atoms with Gasteiger partial charge < -0.3 is 5.11 Å². The molecule has 0 aromatic carbocycles. The smallest absolute Gasteiger partial charge is 0.324 e. The highest BCUT2D eigenvalue weighted by atomic mass is 32.2. The quantitative estimate of drug-likeness (QED) is 0.773. The Morgan fingerprint density at radius 2 is 2.20 bits per heavy atom. The molecule has 15 heavy (non-hydrogen) atoms. The van der Waals surface area contributed by atoms with E-state index in [1.807, 2.05) is 0 Å². The molecule has 0 aromatic heterocycles. The first kappa shape index (κ1) is 11.3. The summed E-state index contributed by atoms with van der Waals surface area (Å²) in [6, 6.07) is 0.396. The summed E-state index contributed by atoms with van der Waals surface area (Å²) < 4.78 is 0. The molecule has 4 heteroatoms. The minimum absolute atomic E-state index is 0.296. The fourth-order valence-corrected chi connectivity index (χ4v) is 3.38. The molecule has 1 aliphatic heterocycles. The minimum atomic E-state index is -0.669. The third-order valence-electron chi connectivity index (χ3n) is 3.61. The van der Waals surface area contributed by atoms with E-state index in [2.05, 4.69) is 19.2 Å². The highest BCUT2D eigenvalue weighted by molar-refractivity contribution is 7.99. The van der Waals surface area contributed by atoms with Crippen LogP contribution in [0.3, 0.4) is 0 Å². The maximum absolute atomic E-state index is 11.4. The van der Waals surface area contributed by atoms with Gasteiger partial charge in [0.2, 0.25) is 0 Å². The molecule has 86 valence electrons. The highest BCUT2D eigenvalue weighted by Gasteiger charge is 2.52. The van der Waals surface area contributed by atoms with Gasteiger partial charge in [-0.3, -0.25) is 10.1 Å². The summed E-state index contributed by atoms with van der Waals surface area (Å²) >= 11 is 1.76. The molecule has 2 atom stereocenters. The SMILES string of the molecule is CC1(C)CC1NC1(C(=O)O)CCCSC1. The summed E-state index contributed by atoms with van der Waals surface area (Å²) in [6.07, 6.45) is 2.89. The van der Waals surface area contributed by atoms with Crippen LogP contribution in [-0.4, -0.2) is 34.2 Å². The van der Waals surface area contributed by atoms with E-state index in [-0.39, 0.29) is 0 Å². The van der Waals surface area contributed by atoms with Crippen molar-refractivity contribution in [2.24, 2.45) is 5.41 Å². The van der Waals surface area contributed by atoms with Gasteiger partial charge >= 0.3 is 5.97 Å². The lowest BCUT2D eigenvalue weighted by Gasteiger charge is -2.34. The van der Waals surface area contributed by atoms with Gasteiger partial charge in [0.05, 0.1) is 0 Å². The van der Waals surface area contributed by atoms with Crippen molar-refractivity contribution in [3.8, 4) is 0 Å². The fourth-order valence-electron chi connectivity index (χ4n) is 2.19. The second kappa shape index (κ2) is 3.67. The van der Waals surface area contributed by atoms with Crippen molar-refractivity contribution in [3.05, 3.63) is 0 Å².